The summed E-state index contributed by atoms with van der Waals surface area (Å²) in [5.74, 6) is -0.786. The average Bonchev–Trinajstić information content (AvgIpc) is 2.54. The highest BCUT2D eigenvalue weighted by Gasteiger charge is 2.09. The van der Waals surface area contributed by atoms with Gasteiger partial charge in [0.15, 0.2) is 6.61 Å². The molecule has 3 amide bonds. The van der Waals surface area contributed by atoms with Crippen molar-refractivity contribution in [3.8, 4) is 5.75 Å². The fourth-order valence-corrected chi connectivity index (χ4v) is 2.38. The number of hydrogen-bond acceptors (Lipinski definition) is 3. The number of urea groups is 1. The summed E-state index contributed by atoms with van der Waals surface area (Å²) in [5, 5.41) is 4.82. The maximum absolute atomic E-state index is 12.9. The molecule has 0 radical (unpaired) electrons. The van der Waals surface area contributed by atoms with Crippen LogP contribution in [0.3, 0.4) is 0 Å². The number of imide groups is 1. The molecule has 1 aliphatic rings. The van der Waals surface area contributed by atoms with E-state index in [0.29, 0.717) is 6.54 Å². The van der Waals surface area contributed by atoms with E-state index >= 15 is 0 Å². The zero-order chi connectivity index (χ0) is 16.5. The lowest BCUT2D eigenvalue weighted by Gasteiger charge is -2.13. The van der Waals surface area contributed by atoms with E-state index in [1.807, 2.05) is 0 Å². The van der Waals surface area contributed by atoms with Crippen LogP contribution in [0.15, 0.2) is 35.9 Å². The minimum atomic E-state index is -0.580. The van der Waals surface area contributed by atoms with Crippen molar-refractivity contribution in [2.45, 2.75) is 32.1 Å². The van der Waals surface area contributed by atoms with Gasteiger partial charge in [-0.05, 0) is 44.2 Å². The quantitative estimate of drug-likeness (QED) is 0.792. The van der Waals surface area contributed by atoms with Gasteiger partial charge in [0.25, 0.3) is 5.91 Å². The Hall–Kier alpha value is -2.37. The van der Waals surface area contributed by atoms with Crippen molar-refractivity contribution in [1.82, 2.24) is 10.6 Å². The average molecular weight is 320 g/mol. The number of halogens is 1. The fraction of sp³-hybridized carbons (Fsp3) is 0.412. The number of rotatable bonds is 6. The van der Waals surface area contributed by atoms with Gasteiger partial charge >= 0.3 is 6.03 Å². The molecule has 0 unspecified atom stereocenters. The maximum atomic E-state index is 12.9. The highest BCUT2D eigenvalue weighted by atomic mass is 19.1. The van der Waals surface area contributed by atoms with Crippen LogP contribution < -0.4 is 15.4 Å². The molecule has 1 aromatic rings. The summed E-state index contributed by atoms with van der Waals surface area (Å²) in [6, 6.07) is 4.92. The summed E-state index contributed by atoms with van der Waals surface area (Å²) < 4.78 is 18.1. The Balaban J connectivity index is 1.62. The van der Waals surface area contributed by atoms with Crippen molar-refractivity contribution in [2.75, 3.05) is 13.2 Å². The van der Waals surface area contributed by atoms with Crippen LogP contribution in [-0.2, 0) is 4.79 Å². The zero-order valence-electron chi connectivity index (χ0n) is 12.9. The second-order valence-electron chi connectivity index (χ2n) is 5.41. The van der Waals surface area contributed by atoms with E-state index in [1.165, 1.54) is 42.7 Å². The summed E-state index contributed by atoms with van der Waals surface area (Å²) in [5.41, 5.74) is 1.36. The molecule has 2 N–H and O–H groups in total. The van der Waals surface area contributed by atoms with Crippen molar-refractivity contribution in [3.63, 3.8) is 0 Å². The van der Waals surface area contributed by atoms with Gasteiger partial charge in [-0.2, -0.15) is 0 Å². The Morgan fingerprint density at radius 2 is 2.13 bits per heavy atom. The van der Waals surface area contributed by atoms with E-state index in [2.05, 4.69) is 16.7 Å². The minimum absolute atomic E-state index is 0.241. The molecule has 0 atom stereocenters. The number of hydrogen-bond donors (Lipinski definition) is 2. The third-order valence-electron chi connectivity index (χ3n) is 3.54. The highest BCUT2D eigenvalue weighted by Crippen LogP contribution is 2.19. The van der Waals surface area contributed by atoms with Crippen LogP contribution in [0.5, 0.6) is 5.75 Å². The molecule has 0 aliphatic heterocycles. The lowest BCUT2D eigenvalue weighted by molar-refractivity contribution is -0.122. The van der Waals surface area contributed by atoms with Crippen molar-refractivity contribution >= 4 is 11.9 Å². The first kappa shape index (κ1) is 17.0. The lowest BCUT2D eigenvalue weighted by atomic mass is 9.97. The largest absolute Gasteiger partial charge is 0.484 e. The van der Waals surface area contributed by atoms with Crippen molar-refractivity contribution in [3.05, 3.63) is 41.7 Å². The molecule has 2 rings (SSSR count). The molecule has 6 heteroatoms. The van der Waals surface area contributed by atoms with Crippen LogP contribution >= 0.6 is 0 Å². The molecule has 0 aromatic heterocycles. The monoisotopic (exact) mass is 320 g/mol. The second kappa shape index (κ2) is 8.92. The van der Waals surface area contributed by atoms with Crippen LogP contribution in [0.25, 0.3) is 0 Å². The van der Waals surface area contributed by atoms with E-state index < -0.39 is 17.8 Å². The number of allylic oxidation sites excluding steroid dienone is 1. The first-order chi connectivity index (χ1) is 11.1. The molecule has 0 saturated heterocycles. The number of amides is 3. The van der Waals surface area contributed by atoms with Gasteiger partial charge in [-0.25, -0.2) is 9.18 Å². The van der Waals surface area contributed by atoms with E-state index in [4.69, 9.17) is 4.74 Å². The Kier molecular flexibility index (Phi) is 6.59. The van der Waals surface area contributed by atoms with Gasteiger partial charge < -0.3 is 10.1 Å². The second-order valence-corrected chi connectivity index (χ2v) is 5.41. The SMILES string of the molecule is O=C(COc1cccc(F)c1)NC(=O)NCCC1=CCCCC1. The van der Waals surface area contributed by atoms with Crippen LogP contribution in [0.2, 0.25) is 0 Å². The third kappa shape index (κ3) is 6.50. The van der Waals surface area contributed by atoms with E-state index in [1.54, 1.807) is 0 Å². The summed E-state index contributed by atoms with van der Waals surface area (Å²) >= 11 is 0. The van der Waals surface area contributed by atoms with E-state index in [-0.39, 0.29) is 12.4 Å². The summed E-state index contributed by atoms with van der Waals surface area (Å²) in [6.45, 7) is 0.151. The van der Waals surface area contributed by atoms with Gasteiger partial charge in [-0.1, -0.05) is 17.7 Å². The Morgan fingerprint density at radius 3 is 2.87 bits per heavy atom. The molecule has 0 saturated carbocycles. The molecule has 23 heavy (non-hydrogen) atoms. The molecule has 0 heterocycles. The van der Waals surface area contributed by atoms with Crippen LogP contribution in [0.1, 0.15) is 32.1 Å². The number of carbonyl (C=O) groups is 2. The van der Waals surface area contributed by atoms with Gasteiger partial charge in [-0.15, -0.1) is 0 Å². The predicted molar refractivity (Wildman–Crippen MR) is 84.6 cm³/mol. The number of benzene rings is 1. The van der Waals surface area contributed by atoms with Crippen molar-refractivity contribution in [2.24, 2.45) is 0 Å². The van der Waals surface area contributed by atoms with Crippen LogP contribution in [0, 0.1) is 5.82 Å². The molecular formula is C17H21FN2O3. The summed E-state index contributed by atoms with van der Waals surface area (Å²) in [7, 11) is 0. The first-order valence-corrected chi connectivity index (χ1v) is 7.77. The molecule has 124 valence electrons. The van der Waals surface area contributed by atoms with Gasteiger partial charge in [0.1, 0.15) is 11.6 Å². The Labute approximate surface area is 134 Å². The maximum Gasteiger partial charge on any atom is 0.321 e. The number of nitrogens with one attached hydrogen (secondary N) is 2. The van der Waals surface area contributed by atoms with E-state index in [9.17, 15) is 14.0 Å². The standard InChI is InChI=1S/C17H21FN2O3/c18-14-7-4-8-15(11-14)23-12-16(21)20-17(22)19-10-9-13-5-2-1-3-6-13/h4-5,7-8,11H,1-3,6,9-10,12H2,(H2,19,20,21,22). The Morgan fingerprint density at radius 1 is 1.26 bits per heavy atom. The zero-order valence-corrected chi connectivity index (χ0v) is 12.9. The number of carbonyl (C=O) groups excluding carboxylic acids is 2. The Bertz CT molecular complexity index is 587. The van der Waals surface area contributed by atoms with Crippen LogP contribution in [-0.4, -0.2) is 25.1 Å². The molecule has 1 aliphatic carbocycles. The summed E-state index contributed by atoms with van der Waals surface area (Å²) in [6.07, 6.45) is 7.66. The highest BCUT2D eigenvalue weighted by molar-refractivity contribution is 5.94. The van der Waals surface area contributed by atoms with E-state index in [0.717, 1.165) is 19.3 Å². The molecule has 0 spiro atoms. The van der Waals surface area contributed by atoms with Gasteiger partial charge in [-0.3, -0.25) is 10.1 Å². The third-order valence-corrected chi connectivity index (χ3v) is 3.54. The lowest BCUT2D eigenvalue weighted by Crippen LogP contribution is -2.42. The minimum Gasteiger partial charge on any atom is -0.484 e. The normalized spacial score (nSPS) is 13.9. The summed E-state index contributed by atoms with van der Waals surface area (Å²) in [4.78, 5) is 23.2. The smallest absolute Gasteiger partial charge is 0.321 e. The molecule has 0 fully saturated rings. The molecule has 0 bridgehead atoms. The molecule has 5 nitrogen and oxygen atoms in total. The van der Waals surface area contributed by atoms with Gasteiger partial charge in [0.2, 0.25) is 0 Å². The van der Waals surface area contributed by atoms with Crippen molar-refractivity contribution < 1.29 is 18.7 Å². The molecule has 1 aromatic carbocycles. The van der Waals surface area contributed by atoms with Gasteiger partial charge in [0.05, 0.1) is 0 Å². The van der Waals surface area contributed by atoms with Crippen LogP contribution in [0.4, 0.5) is 9.18 Å². The first-order valence-electron chi connectivity index (χ1n) is 7.77. The van der Waals surface area contributed by atoms with Gasteiger partial charge in [0, 0.05) is 12.6 Å². The predicted octanol–water partition coefficient (Wildman–Crippen LogP) is 2.92. The van der Waals surface area contributed by atoms with Crippen molar-refractivity contribution in [1.29, 1.82) is 0 Å². The molecular weight excluding hydrogens is 299 g/mol. The topological polar surface area (TPSA) is 67.4 Å². The fourth-order valence-electron chi connectivity index (χ4n) is 2.38. The number of ether oxygens (including phenoxy) is 1.